The molecule has 252 valence electrons. The van der Waals surface area contributed by atoms with Crippen molar-refractivity contribution >= 4 is 40.0 Å². The zero-order valence-corrected chi connectivity index (χ0v) is 30.0. The van der Waals surface area contributed by atoms with Crippen LogP contribution in [-0.2, 0) is 17.3 Å². The number of benzene rings is 6. The molecule has 1 aliphatic heterocycles. The minimum absolute atomic E-state index is 0.113. The van der Waals surface area contributed by atoms with Crippen molar-refractivity contribution in [3.05, 3.63) is 195 Å². The first-order chi connectivity index (χ1) is 26.6. The van der Waals surface area contributed by atoms with Gasteiger partial charge in [-0.2, -0.15) is 0 Å². The molecule has 0 atom stereocenters. The number of aromatic nitrogens is 2. The molecule has 3 heterocycles. The lowest BCUT2D eigenvalue weighted by Crippen LogP contribution is -2.32. The molecule has 0 fully saturated rings. The maximum atomic E-state index is 5.03. The van der Waals surface area contributed by atoms with E-state index in [1.165, 1.54) is 106 Å². The number of pyridine rings is 2. The molecule has 0 radical (unpaired) electrons. The Labute approximate surface area is 313 Å². The molecule has 0 amide bonds. The molecular formula is C51H33N3. The predicted octanol–water partition coefficient (Wildman–Crippen LogP) is 12.1. The smallest absolute Gasteiger partial charge is 0.0937 e. The highest BCUT2D eigenvalue weighted by atomic mass is 15.2. The molecule has 6 aromatic carbocycles. The van der Waals surface area contributed by atoms with Gasteiger partial charge in [-0.25, -0.2) is 0 Å². The van der Waals surface area contributed by atoms with Crippen molar-refractivity contribution in [3.8, 4) is 33.6 Å². The monoisotopic (exact) mass is 687 g/mol. The summed E-state index contributed by atoms with van der Waals surface area (Å²) in [4.78, 5) is 12.6. The van der Waals surface area contributed by atoms with Crippen LogP contribution in [0.5, 0.6) is 0 Å². The van der Waals surface area contributed by atoms with E-state index in [4.69, 9.17) is 9.97 Å². The third kappa shape index (κ3) is 3.20. The van der Waals surface area contributed by atoms with Crippen molar-refractivity contribution in [2.75, 3.05) is 4.90 Å². The summed E-state index contributed by atoms with van der Waals surface area (Å²) in [6, 6.07) is 48.1. The van der Waals surface area contributed by atoms with E-state index in [9.17, 15) is 0 Å². The van der Waals surface area contributed by atoms with E-state index in [0.717, 1.165) is 17.8 Å². The van der Waals surface area contributed by atoms with Gasteiger partial charge in [0, 0.05) is 24.2 Å². The molecule has 3 nitrogen and oxygen atoms in total. The number of hydrogen-bond acceptors (Lipinski definition) is 3. The van der Waals surface area contributed by atoms with E-state index in [-0.39, 0.29) is 5.41 Å². The number of fused-ring (bicyclic) bond motifs is 15. The van der Waals surface area contributed by atoms with E-state index >= 15 is 0 Å². The summed E-state index contributed by atoms with van der Waals surface area (Å²) in [5.74, 6) is 0. The highest BCUT2D eigenvalue weighted by molar-refractivity contribution is 6.16. The molecule has 54 heavy (non-hydrogen) atoms. The molecule has 0 N–H and O–H groups in total. The molecule has 0 unspecified atom stereocenters. The van der Waals surface area contributed by atoms with Crippen LogP contribution in [0, 0.1) is 0 Å². The Bertz CT molecular complexity index is 2970. The predicted molar refractivity (Wildman–Crippen MR) is 220 cm³/mol. The zero-order valence-electron chi connectivity index (χ0n) is 30.0. The lowest BCUT2D eigenvalue weighted by atomic mass is 9.60. The molecule has 13 rings (SSSR count). The third-order valence-corrected chi connectivity index (χ3v) is 13.4. The Balaban J connectivity index is 1.12. The quantitative estimate of drug-likeness (QED) is 0.172. The number of para-hydroxylation sites is 2. The fourth-order valence-electron chi connectivity index (χ4n) is 11.2. The fourth-order valence-corrected chi connectivity index (χ4v) is 11.2. The van der Waals surface area contributed by atoms with Crippen molar-refractivity contribution in [2.45, 2.75) is 31.1 Å². The van der Waals surface area contributed by atoms with Gasteiger partial charge in [0.05, 0.1) is 33.9 Å². The van der Waals surface area contributed by atoms with E-state index in [1.54, 1.807) is 0 Å². The van der Waals surface area contributed by atoms with Crippen LogP contribution in [0.1, 0.15) is 69.5 Å². The van der Waals surface area contributed by atoms with Gasteiger partial charge < -0.3 is 4.90 Å². The van der Waals surface area contributed by atoms with Crippen molar-refractivity contribution < 1.29 is 0 Å². The normalized spacial score (nSPS) is 16.1. The standard InChI is InChI=1S/C51H33N3/c1-50(2)36-11-3-5-15-43(36)54(44-16-6-4-12-37(44)50)42-17-7-10-31-32-23-25-38-46(35(32)28-34(31)42)33-22-20-29-18-19-30-21-24-39(47(33)45(29)30)51(38)40-13-8-26-52-48(40)49-41(51)14-9-27-53-49/h3-27H,28H2,1-2H3. The highest BCUT2D eigenvalue weighted by Gasteiger charge is 2.52. The van der Waals surface area contributed by atoms with Crippen LogP contribution >= 0.6 is 0 Å². The maximum absolute atomic E-state index is 5.03. The molecule has 5 aliphatic rings. The number of anilines is 3. The van der Waals surface area contributed by atoms with Gasteiger partial charge in [0.1, 0.15) is 0 Å². The Morgan fingerprint density at radius 1 is 0.463 bits per heavy atom. The number of nitrogens with zero attached hydrogens (tertiary/aromatic N) is 3. The first-order valence-electron chi connectivity index (χ1n) is 19.0. The summed E-state index contributed by atoms with van der Waals surface area (Å²) < 4.78 is 0. The average molecular weight is 688 g/mol. The van der Waals surface area contributed by atoms with Gasteiger partial charge in [-0.1, -0.05) is 123 Å². The third-order valence-electron chi connectivity index (χ3n) is 13.4. The number of rotatable bonds is 1. The van der Waals surface area contributed by atoms with E-state index < -0.39 is 5.41 Å². The Morgan fingerprint density at radius 2 is 1.04 bits per heavy atom. The molecule has 8 aromatic rings. The first kappa shape index (κ1) is 28.9. The van der Waals surface area contributed by atoms with E-state index in [0.29, 0.717) is 0 Å². The summed E-state index contributed by atoms with van der Waals surface area (Å²) in [6.07, 6.45) is 9.25. The summed E-state index contributed by atoms with van der Waals surface area (Å²) in [6.45, 7) is 4.73. The molecule has 4 aliphatic carbocycles. The Morgan fingerprint density at radius 3 is 1.74 bits per heavy atom. The van der Waals surface area contributed by atoms with Crippen molar-refractivity contribution in [3.63, 3.8) is 0 Å². The summed E-state index contributed by atoms with van der Waals surface area (Å²) in [5, 5.41) is 2.72. The topological polar surface area (TPSA) is 29.0 Å². The highest BCUT2D eigenvalue weighted by Crippen LogP contribution is 2.64. The second kappa shape index (κ2) is 9.69. The van der Waals surface area contributed by atoms with Gasteiger partial charge in [-0.15, -0.1) is 0 Å². The number of hydrogen-bond donors (Lipinski definition) is 0. The molecule has 2 aromatic heterocycles. The van der Waals surface area contributed by atoms with E-state index in [1.807, 2.05) is 12.4 Å². The van der Waals surface area contributed by atoms with Crippen LogP contribution in [-0.4, -0.2) is 9.97 Å². The largest absolute Gasteiger partial charge is 0.310 e. The molecule has 0 saturated carbocycles. The van der Waals surface area contributed by atoms with Crippen LogP contribution in [0.15, 0.2) is 140 Å². The lowest BCUT2D eigenvalue weighted by molar-refractivity contribution is 0.632. The molecular weight excluding hydrogens is 655 g/mol. The zero-order chi connectivity index (χ0) is 35.5. The second-order valence-corrected chi connectivity index (χ2v) is 16.0. The van der Waals surface area contributed by atoms with Crippen LogP contribution in [0.4, 0.5) is 17.1 Å². The van der Waals surface area contributed by atoms with Gasteiger partial charge in [-0.3, -0.25) is 9.97 Å². The first-order valence-corrected chi connectivity index (χ1v) is 19.0. The minimum atomic E-state index is -0.543. The lowest BCUT2D eigenvalue weighted by Gasteiger charge is -2.42. The average Bonchev–Trinajstić information content (AvgIpc) is 3.90. The van der Waals surface area contributed by atoms with Crippen LogP contribution in [0.2, 0.25) is 0 Å². The van der Waals surface area contributed by atoms with Gasteiger partial charge in [0.25, 0.3) is 0 Å². The van der Waals surface area contributed by atoms with Gasteiger partial charge in [0.15, 0.2) is 0 Å². The molecule has 1 spiro atoms. The van der Waals surface area contributed by atoms with Crippen molar-refractivity contribution in [1.29, 1.82) is 0 Å². The molecule has 0 bridgehead atoms. The van der Waals surface area contributed by atoms with Gasteiger partial charge in [-0.05, 0) is 119 Å². The maximum Gasteiger partial charge on any atom is 0.0937 e. The van der Waals surface area contributed by atoms with Crippen LogP contribution in [0.25, 0.3) is 56.6 Å². The summed E-state index contributed by atoms with van der Waals surface area (Å²) in [7, 11) is 0. The van der Waals surface area contributed by atoms with Crippen LogP contribution in [0.3, 0.4) is 0 Å². The Hall–Kier alpha value is -6.58. The Kier molecular flexibility index (Phi) is 5.19. The molecule has 3 heteroatoms. The summed E-state index contributed by atoms with van der Waals surface area (Å²) in [5.41, 5.74) is 23.6. The van der Waals surface area contributed by atoms with Crippen molar-refractivity contribution in [2.24, 2.45) is 0 Å². The molecule has 0 saturated heterocycles. The van der Waals surface area contributed by atoms with Crippen LogP contribution < -0.4 is 4.90 Å². The minimum Gasteiger partial charge on any atom is -0.310 e. The van der Waals surface area contributed by atoms with Crippen molar-refractivity contribution in [1.82, 2.24) is 9.97 Å². The summed E-state index contributed by atoms with van der Waals surface area (Å²) >= 11 is 0. The van der Waals surface area contributed by atoms with E-state index in [2.05, 4.69) is 158 Å². The fraction of sp³-hybridized carbons (Fsp3) is 0.0980. The SMILES string of the molecule is CC1(C)c2ccccc2N(c2cccc3c2Cc2c-3ccc3c2-c2ccc4c5c(ccc(c25)C32c3cccnc3-c3ncccc32)C=C4)c2ccccc21. The van der Waals surface area contributed by atoms with Gasteiger partial charge >= 0.3 is 0 Å². The second-order valence-electron chi connectivity index (χ2n) is 16.0. The van der Waals surface area contributed by atoms with Gasteiger partial charge in [0.2, 0.25) is 0 Å².